The molecule has 10 nitrogen and oxygen atoms in total. The van der Waals surface area contributed by atoms with Crippen LogP contribution in [0.2, 0.25) is 0 Å². The third-order valence-corrected chi connectivity index (χ3v) is 6.02. The molecule has 4 rings (SSSR count). The van der Waals surface area contributed by atoms with Gasteiger partial charge in [0.25, 0.3) is 5.91 Å². The zero-order chi connectivity index (χ0) is 30.3. The number of halogens is 6. The van der Waals surface area contributed by atoms with Gasteiger partial charge in [0, 0.05) is 37.7 Å². The van der Waals surface area contributed by atoms with Gasteiger partial charge in [-0.25, -0.2) is 9.59 Å². The molecule has 16 heteroatoms. The summed E-state index contributed by atoms with van der Waals surface area (Å²) in [5.74, 6) is -5.41. The van der Waals surface area contributed by atoms with E-state index in [0.717, 1.165) is 12.1 Å². The molecule has 3 heterocycles. The minimum absolute atomic E-state index is 0.00605. The zero-order valence-electron chi connectivity index (χ0n) is 20.8. The lowest BCUT2D eigenvalue weighted by Gasteiger charge is -2.46. The summed E-state index contributed by atoms with van der Waals surface area (Å²) in [5, 5.41) is 14.2. The molecule has 0 saturated carbocycles. The van der Waals surface area contributed by atoms with Crippen molar-refractivity contribution in [2.24, 2.45) is 0 Å². The number of hydrogen-bond acceptors (Lipinski definition) is 6. The minimum atomic E-state index is -5.08. The highest BCUT2D eigenvalue weighted by Gasteiger charge is 2.48. The topological polar surface area (TPSA) is 131 Å². The zero-order valence-corrected chi connectivity index (χ0v) is 20.8. The number of anilines is 1. The van der Waals surface area contributed by atoms with Gasteiger partial charge < -0.3 is 20.0 Å². The fourth-order valence-corrected chi connectivity index (χ4v) is 3.94. The standard InChI is InChI=1S/C20H22N4O2.2C2HF3O2/c1-22-13-18(25)24(17-7-3-2-4-8-17)15-20(22)9-11-23(14-20)19(26)16-6-5-10-21-12-16;2*3-2(4,5)1(6)7/h2-8,10,12H,9,11,13-15H2,1H3;2*(H,6,7). The number of carbonyl (C=O) groups is 4. The largest absolute Gasteiger partial charge is 0.490 e. The summed E-state index contributed by atoms with van der Waals surface area (Å²) >= 11 is 0. The van der Waals surface area contributed by atoms with Crippen LogP contribution in [0.5, 0.6) is 0 Å². The average Bonchev–Trinajstić information content (AvgIpc) is 3.32. The van der Waals surface area contributed by atoms with Crippen molar-refractivity contribution in [1.82, 2.24) is 14.8 Å². The third kappa shape index (κ3) is 8.39. The first-order valence-electron chi connectivity index (χ1n) is 11.3. The molecule has 2 saturated heterocycles. The molecular formula is C24H24F6N4O6. The van der Waals surface area contributed by atoms with Crippen molar-refractivity contribution in [3.8, 4) is 0 Å². The Kier molecular flexibility index (Phi) is 10.2. The van der Waals surface area contributed by atoms with Crippen LogP contribution < -0.4 is 4.90 Å². The number of carboxylic acid groups (broad SMARTS) is 2. The average molecular weight is 578 g/mol. The molecule has 1 unspecified atom stereocenters. The Morgan fingerprint density at radius 2 is 1.45 bits per heavy atom. The van der Waals surface area contributed by atoms with E-state index in [1.807, 2.05) is 47.2 Å². The number of hydrogen-bond donors (Lipinski definition) is 2. The highest BCUT2D eigenvalue weighted by atomic mass is 19.4. The van der Waals surface area contributed by atoms with Gasteiger partial charge in [-0.1, -0.05) is 18.2 Å². The molecule has 2 aliphatic heterocycles. The van der Waals surface area contributed by atoms with Crippen LogP contribution in [0.15, 0.2) is 54.9 Å². The summed E-state index contributed by atoms with van der Waals surface area (Å²) in [7, 11) is 1.98. The highest BCUT2D eigenvalue weighted by Crippen LogP contribution is 2.34. The van der Waals surface area contributed by atoms with Gasteiger partial charge in [-0.3, -0.25) is 19.5 Å². The fourth-order valence-electron chi connectivity index (χ4n) is 3.94. The van der Waals surface area contributed by atoms with E-state index in [0.29, 0.717) is 31.7 Å². The Hall–Kier alpha value is -4.21. The number of likely N-dealkylation sites (tertiary alicyclic amines) is 1. The molecule has 218 valence electrons. The van der Waals surface area contributed by atoms with E-state index in [-0.39, 0.29) is 17.4 Å². The summed E-state index contributed by atoms with van der Waals surface area (Å²) in [5.41, 5.74) is 1.32. The Morgan fingerprint density at radius 3 is 1.93 bits per heavy atom. The summed E-state index contributed by atoms with van der Waals surface area (Å²) < 4.78 is 63.5. The molecule has 2 amide bonds. The van der Waals surface area contributed by atoms with Gasteiger partial charge >= 0.3 is 24.3 Å². The first-order valence-corrected chi connectivity index (χ1v) is 11.3. The number of piperazine rings is 1. The van der Waals surface area contributed by atoms with Crippen molar-refractivity contribution >= 4 is 29.4 Å². The number of carboxylic acids is 2. The van der Waals surface area contributed by atoms with Crippen LogP contribution in [-0.2, 0) is 14.4 Å². The molecule has 0 aliphatic carbocycles. The number of para-hydroxylation sites is 1. The lowest BCUT2D eigenvalue weighted by Crippen LogP contribution is -2.64. The maximum absolute atomic E-state index is 12.8. The van der Waals surface area contributed by atoms with Gasteiger partial charge in [0.1, 0.15) is 0 Å². The van der Waals surface area contributed by atoms with Crippen molar-refractivity contribution < 1.29 is 55.7 Å². The molecule has 1 atom stereocenters. The van der Waals surface area contributed by atoms with Gasteiger partial charge in [0.2, 0.25) is 5.91 Å². The lowest BCUT2D eigenvalue weighted by molar-refractivity contribution is -0.193. The number of aromatic nitrogens is 1. The summed E-state index contributed by atoms with van der Waals surface area (Å²) in [6, 6.07) is 13.3. The van der Waals surface area contributed by atoms with Crippen molar-refractivity contribution in [2.75, 3.05) is 38.1 Å². The maximum atomic E-state index is 12.8. The number of likely N-dealkylation sites (N-methyl/N-ethyl adjacent to an activating group) is 1. The van der Waals surface area contributed by atoms with Crippen LogP contribution in [0.4, 0.5) is 32.0 Å². The van der Waals surface area contributed by atoms with Crippen molar-refractivity contribution in [2.45, 2.75) is 24.3 Å². The van der Waals surface area contributed by atoms with E-state index in [9.17, 15) is 35.9 Å². The number of pyridine rings is 1. The van der Waals surface area contributed by atoms with Crippen LogP contribution in [-0.4, -0.2) is 99.9 Å². The second-order valence-corrected chi connectivity index (χ2v) is 8.72. The summed E-state index contributed by atoms with van der Waals surface area (Å²) in [4.78, 5) is 53.1. The van der Waals surface area contributed by atoms with E-state index in [1.165, 1.54) is 0 Å². The van der Waals surface area contributed by atoms with E-state index in [2.05, 4.69) is 9.88 Å². The second-order valence-electron chi connectivity index (χ2n) is 8.72. The van der Waals surface area contributed by atoms with Gasteiger partial charge in [-0.15, -0.1) is 0 Å². The molecular weight excluding hydrogens is 554 g/mol. The molecule has 2 fully saturated rings. The Morgan fingerprint density at radius 1 is 0.900 bits per heavy atom. The Labute approximate surface area is 223 Å². The summed E-state index contributed by atoms with van der Waals surface area (Å²) in [6.45, 7) is 2.27. The first kappa shape index (κ1) is 32.0. The molecule has 1 spiro atoms. The number of alkyl halides is 6. The molecule has 1 aromatic carbocycles. The van der Waals surface area contributed by atoms with Crippen LogP contribution in [0.3, 0.4) is 0 Å². The van der Waals surface area contributed by atoms with Crippen molar-refractivity contribution in [3.63, 3.8) is 0 Å². The SMILES string of the molecule is CN1CC(=O)N(c2ccccc2)CC12CCN(C(=O)c1cccnc1)C2.O=C(O)C(F)(F)F.O=C(O)C(F)(F)F. The molecule has 0 bridgehead atoms. The van der Waals surface area contributed by atoms with Crippen LogP contribution in [0.1, 0.15) is 16.8 Å². The molecule has 0 radical (unpaired) electrons. The third-order valence-electron chi connectivity index (χ3n) is 6.02. The molecule has 40 heavy (non-hydrogen) atoms. The van der Waals surface area contributed by atoms with Crippen molar-refractivity contribution in [1.29, 1.82) is 0 Å². The normalized spacial score (nSPS) is 19.3. The lowest BCUT2D eigenvalue weighted by atomic mass is 9.92. The number of benzene rings is 1. The Bertz CT molecular complexity index is 1170. The molecule has 2 aliphatic rings. The van der Waals surface area contributed by atoms with Crippen LogP contribution >= 0.6 is 0 Å². The number of rotatable bonds is 2. The minimum Gasteiger partial charge on any atom is -0.475 e. The number of nitrogens with zero attached hydrogens (tertiary/aromatic N) is 4. The van der Waals surface area contributed by atoms with Crippen LogP contribution in [0, 0.1) is 0 Å². The number of aliphatic carboxylic acids is 2. The predicted octanol–water partition coefficient (Wildman–Crippen LogP) is 2.91. The summed E-state index contributed by atoms with van der Waals surface area (Å²) in [6.07, 6.45) is -6.04. The van der Waals surface area contributed by atoms with E-state index in [4.69, 9.17) is 19.8 Å². The predicted molar refractivity (Wildman–Crippen MR) is 126 cm³/mol. The van der Waals surface area contributed by atoms with E-state index >= 15 is 0 Å². The smallest absolute Gasteiger partial charge is 0.475 e. The van der Waals surface area contributed by atoms with Gasteiger partial charge in [0.05, 0.1) is 17.6 Å². The number of amides is 2. The second kappa shape index (κ2) is 12.8. The van der Waals surface area contributed by atoms with Crippen molar-refractivity contribution in [3.05, 3.63) is 60.4 Å². The van der Waals surface area contributed by atoms with E-state index < -0.39 is 24.3 Å². The number of carbonyl (C=O) groups excluding carboxylic acids is 2. The van der Waals surface area contributed by atoms with E-state index in [1.54, 1.807) is 24.5 Å². The molecule has 2 aromatic rings. The fraction of sp³-hybridized carbons (Fsp3) is 0.375. The van der Waals surface area contributed by atoms with Gasteiger partial charge in [-0.05, 0) is 37.7 Å². The Balaban J connectivity index is 0.000000333. The quantitative estimate of drug-likeness (QED) is 0.521. The monoisotopic (exact) mass is 578 g/mol. The highest BCUT2D eigenvalue weighted by molar-refractivity contribution is 5.96. The molecule has 2 N–H and O–H groups in total. The van der Waals surface area contributed by atoms with Crippen LogP contribution in [0.25, 0.3) is 0 Å². The maximum Gasteiger partial charge on any atom is 0.490 e. The molecule has 1 aromatic heterocycles. The van der Waals surface area contributed by atoms with Gasteiger partial charge in [-0.2, -0.15) is 26.3 Å². The van der Waals surface area contributed by atoms with Gasteiger partial charge in [0.15, 0.2) is 0 Å². The first-order chi connectivity index (χ1) is 18.5.